The number of fused-ring (bicyclic) bond motifs is 1. The van der Waals surface area contributed by atoms with Gasteiger partial charge in [0.2, 0.25) is 0 Å². The van der Waals surface area contributed by atoms with Gasteiger partial charge in [-0.1, -0.05) is 12.1 Å². The van der Waals surface area contributed by atoms with Crippen LogP contribution in [-0.2, 0) is 25.6 Å². The molecule has 2 nitrogen and oxygen atoms in total. The largest absolute Gasteiger partial charge is 0.416 e. The van der Waals surface area contributed by atoms with Crippen molar-refractivity contribution in [1.29, 1.82) is 0 Å². The molecule has 23 heavy (non-hydrogen) atoms. The van der Waals surface area contributed by atoms with Crippen molar-refractivity contribution in [3.63, 3.8) is 0 Å². The van der Waals surface area contributed by atoms with Crippen LogP contribution < -0.4 is 5.32 Å². The first-order chi connectivity index (χ1) is 10.9. The van der Waals surface area contributed by atoms with Crippen molar-refractivity contribution in [2.75, 3.05) is 0 Å². The second kappa shape index (κ2) is 6.35. The predicted octanol–water partition coefficient (Wildman–Crippen LogP) is 4.58. The van der Waals surface area contributed by atoms with Gasteiger partial charge in [-0.3, -0.25) is 4.79 Å². The summed E-state index contributed by atoms with van der Waals surface area (Å²) < 4.78 is 37.5. The molecular formula is C17H16F3NOS. The molecule has 3 rings (SSSR count). The van der Waals surface area contributed by atoms with Gasteiger partial charge >= 0.3 is 6.18 Å². The molecule has 0 aliphatic heterocycles. The van der Waals surface area contributed by atoms with E-state index in [-0.39, 0.29) is 12.5 Å². The Morgan fingerprint density at radius 2 is 1.83 bits per heavy atom. The van der Waals surface area contributed by atoms with Crippen LogP contribution >= 0.6 is 11.3 Å². The standard InChI is InChI=1S/C17H16F3NOS/c18-17(19,20)13-7-5-11(6-8-13)10-21-16(22)15-9-12-3-1-2-4-14(12)23-15/h5-9H,1-4,10H2,(H,21,22). The average Bonchev–Trinajstić information content (AvgIpc) is 2.96. The highest BCUT2D eigenvalue weighted by Crippen LogP contribution is 2.30. The van der Waals surface area contributed by atoms with Crippen molar-refractivity contribution in [3.8, 4) is 0 Å². The van der Waals surface area contributed by atoms with E-state index in [1.54, 1.807) is 0 Å². The summed E-state index contributed by atoms with van der Waals surface area (Å²) in [5.41, 5.74) is 1.23. The minimum atomic E-state index is -4.34. The number of carbonyl (C=O) groups is 1. The number of thiophene rings is 1. The molecule has 0 fully saturated rings. The Hall–Kier alpha value is -1.82. The summed E-state index contributed by atoms with van der Waals surface area (Å²) in [6.07, 6.45) is 0.0541. The van der Waals surface area contributed by atoms with E-state index in [0.717, 1.165) is 31.4 Å². The van der Waals surface area contributed by atoms with E-state index in [2.05, 4.69) is 5.32 Å². The molecule has 122 valence electrons. The maximum absolute atomic E-state index is 12.5. The molecule has 2 aromatic rings. The summed E-state index contributed by atoms with van der Waals surface area (Å²) in [6.45, 7) is 0.222. The van der Waals surface area contributed by atoms with E-state index in [1.165, 1.54) is 40.3 Å². The number of nitrogens with one attached hydrogen (secondary N) is 1. The van der Waals surface area contributed by atoms with E-state index in [0.29, 0.717) is 10.4 Å². The van der Waals surface area contributed by atoms with Crippen LogP contribution in [0.2, 0.25) is 0 Å². The quantitative estimate of drug-likeness (QED) is 0.872. The fraction of sp³-hybridized carbons (Fsp3) is 0.353. The number of carbonyl (C=O) groups excluding carboxylic acids is 1. The Kier molecular flexibility index (Phi) is 4.43. The molecule has 0 atom stereocenters. The third-order valence-electron chi connectivity index (χ3n) is 3.95. The van der Waals surface area contributed by atoms with E-state index in [4.69, 9.17) is 0 Å². The van der Waals surface area contributed by atoms with Crippen LogP contribution in [0.25, 0.3) is 0 Å². The number of alkyl halides is 3. The van der Waals surface area contributed by atoms with E-state index in [9.17, 15) is 18.0 Å². The Labute approximate surface area is 136 Å². The molecule has 1 aromatic heterocycles. The van der Waals surface area contributed by atoms with Crippen LogP contribution in [0.5, 0.6) is 0 Å². The van der Waals surface area contributed by atoms with Crippen LogP contribution in [0.4, 0.5) is 13.2 Å². The molecule has 1 aromatic carbocycles. The number of halogens is 3. The second-order valence-electron chi connectivity index (χ2n) is 5.64. The smallest absolute Gasteiger partial charge is 0.347 e. The van der Waals surface area contributed by atoms with Gasteiger partial charge < -0.3 is 5.32 Å². The summed E-state index contributed by atoms with van der Waals surface area (Å²) in [5, 5.41) is 2.77. The van der Waals surface area contributed by atoms with E-state index < -0.39 is 11.7 Å². The fourth-order valence-electron chi connectivity index (χ4n) is 2.68. The lowest BCUT2D eigenvalue weighted by Crippen LogP contribution is -2.21. The highest BCUT2D eigenvalue weighted by molar-refractivity contribution is 7.14. The Morgan fingerprint density at radius 3 is 2.48 bits per heavy atom. The lowest BCUT2D eigenvalue weighted by atomic mass is 9.99. The van der Waals surface area contributed by atoms with Gasteiger partial charge in [-0.05, 0) is 55.0 Å². The van der Waals surface area contributed by atoms with Crippen LogP contribution in [0, 0.1) is 0 Å². The van der Waals surface area contributed by atoms with Crippen LogP contribution in [-0.4, -0.2) is 5.91 Å². The van der Waals surface area contributed by atoms with Crippen LogP contribution in [0.1, 0.15) is 44.1 Å². The van der Waals surface area contributed by atoms with Crippen molar-refractivity contribution < 1.29 is 18.0 Å². The van der Waals surface area contributed by atoms with Gasteiger partial charge in [0.15, 0.2) is 0 Å². The number of rotatable bonds is 3. The molecule has 6 heteroatoms. The minimum absolute atomic E-state index is 0.163. The van der Waals surface area contributed by atoms with Crippen molar-refractivity contribution >= 4 is 17.2 Å². The molecule has 1 aliphatic rings. The lowest BCUT2D eigenvalue weighted by Gasteiger charge is -2.08. The number of aryl methyl sites for hydroxylation is 2. The third kappa shape index (κ3) is 3.75. The number of hydrogen-bond donors (Lipinski definition) is 1. The average molecular weight is 339 g/mol. The van der Waals surface area contributed by atoms with Crippen LogP contribution in [0.3, 0.4) is 0 Å². The normalized spacial score (nSPS) is 14.4. The number of amides is 1. The predicted molar refractivity (Wildman–Crippen MR) is 83.6 cm³/mol. The monoisotopic (exact) mass is 339 g/mol. The SMILES string of the molecule is O=C(NCc1ccc(C(F)(F)F)cc1)c1cc2c(s1)CCCC2. The molecule has 0 saturated carbocycles. The Morgan fingerprint density at radius 1 is 1.13 bits per heavy atom. The van der Waals surface area contributed by atoms with Gasteiger partial charge in [0.05, 0.1) is 10.4 Å². The summed E-state index contributed by atoms with van der Waals surface area (Å²) >= 11 is 1.52. The van der Waals surface area contributed by atoms with E-state index in [1.807, 2.05) is 6.07 Å². The molecule has 0 saturated heterocycles. The highest BCUT2D eigenvalue weighted by atomic mass is 32.1. The lowest BCUT2D eigenvalue weighted by molar-refractivity contribution is -0.137. The fourth-order valence-corrected chi connectivity index (χ4v) is 3.85. The first-order valence-electron chi connectivity index (χ1n) is 7.49. The topological polar surface area (TPSA) is 29.1 Å². The zero-order chi connectivity index (χ0) is 16.4. The van der Waals surface area contributed by atoms with Gasteiger partial charge in [0, 0.05) is 11.4 Å². The maximum Gasteiger partial charge on any atom is 0.416 e. The maximum atomic E-state index is 12.5. The van der Waals surface area contributed by atoms with Gasteiger partial charge in [0.1, 0.15) is 0 Å². The molecule has 1 aliphatic carbocycles. The third-order valence-corrected chi connectivity index (χ3v) is 5.19. The Bertz CT molecular complexity index is 680. The van der Waals surface area contributed by atoms with Gasteiger partial charge in [-0.2, -0.15) is 13.2 Å². The number of benzene rings is 1. The molecule has 1 amide bonds. The zero-order valence-corrected chi connectivity index (χ0v) is 13.2. The molecule has 0 unspecified atom stereocenters. The first-order valence-corrected chi connectivity index (χ1v) is 8.31. The highest BCUT2D eigenvalue weighted by Gasteiger charge is 2.29. The van der Waals surface area contributed by atoms with Crippen molar-refractivity contribution in [2.24, 2.45) is 0 Å². The van der Waals surface area contributed by atoms with Crippen molar-refractivity contribution in [3.05, 3.63) is 56.8 Å². The van der Waals surface area contributed by atoms with Gasteiger partial charge in [-0.15, -0.1) is 11.3 Å². The van der Waals surface area contributed by atoms with Crippen molar-refractivity contribution in [1.82, 2.24) is 5.32 Å². The Balaban J connectivity index is 1.61. The summed E-state index contributed by atoms with van der Waals surface area (Å²) in [7, 11) is 0. The molecule has 0 radical (unpaired) electrons. The van der Waals surface area contributed by atoms with Gasteiger partial charge in [-0.25, -0.2) is 0 Å². The molecular weight excluding hydrogens is 323 g/mol. The van der Waals surface area contributed by atoms with Gasteiger partial charge in [0.25, 0.3) is 5.91 Å². The van der Waals surface area contributed by atoms with E-state index >= 15 is 0 Å². The number of hydrogen-bond acceptors (Lipinski definition) is 2. The minimum Gasteiger partial charge on any atom is -0.347 e. The van der Waals surface area contributed by atoms with Crippen molar-refractivity contribution in [2.45, 2.75) is 38.4 Å². The molecule has 0 bridgehead atoms. The first kappa shape index (κ1) is 16.1. The summed E-state index contributed by atoms with van der Waals surface area (Å²) in [6, 6.07) is 6.79. The zero-order valence-electron chi connectivity index (χ0n) is 12.4. The van der Waals surface area contributed by atoms with Crippen LogP contribution in [0.15, 0.2) is 30.3 Å². The summed E-state index contributed by atoms with van der Waals surface area (Å²) in [4.78, 5) is 14.2. The second-order valence-corrected chi connectivity index (χ2v) is 6.78. The molecule has 1 heterocycles. The molecule has 0 spiro atoms. The summed E-state index contributed by atoms with van der Waals surface area (Å²) in [5.74, 6) is -0.163. The molecule has 1 N–H and O–H groups in total.